The van der Waals surface area contributed by atoms with E-state index in [2.05, 4.69) is 0 Å². The molecule has 0 fully saturated rings. The average Bonchev–Trinajstić information content (AvgIpc) is 2.18. The van der Waals surface area contributed by atoms with Gasteiger partial charge in [0.05, 0.1) is 12.7 Å². The second kappa shape index (κ2) is 5.05. The largest absolute Gasteiger partial charge is 0.395 e. The van der Waals surface area contributed by atoms with Gasteiger partial charge in [-0.15, -0.1) is 0 Å². The van der Waals surface area contributed by atoms with E-state index in [1.54, 1.807) is 12.1 Å². The van der Waals surface area contributed by atoms with E-state index in [9.17, 15) is 9.50 Å². The first-order valence-corrected chi connectivity index (χ1v) is 4.44. The van der Waals surface area contributed by atoms with Crippen molar-refractivity contribution in [1.29, 1.82) is 0 Å². The molecule has 0 heterocycles. The molecule has 2 atom stereocenters. The van der Waals surface area contributed by atoms with Crippen LogP contribution >= 0.6 is 0 Å². The zero-order valence-electron chi connectivity index (χ0n) is 7.73. The summed E-state index contributed by atoms with van der Waals surface area (Å²) in [6.07, 6.45) is -0.810. The van der Waals surface area contributed by atoms with E-state index < -0.39 is 18.0 Å². The quantitative estimate of drug-likeness (QED) is 0.664. The Labute approximate surface area is 82.0 Å². The standard InChI is InChI=1S/C10H14FNO2/c11-9-4-2-1-3-8(9)10(14)5-7(12)6-13/h1-4,7,10,13-14H,5-6,12H2/t7-,10-/m0/s1. The van der Waals surface area contributed by atoms with Gasteiger partial charge in [-0.1, -0.05) is 18.2 Å². The van der Waals surface area contributed by atoms with Gasteiger partial charge in [-0.3, -0.25) is 0 Å². The summed E-state index contributed by atoms with van der Waals surface area (Å²) in [6.45, 7) is -0.217. The smallest absolute Gasteiger partial charge is 0.128 e. The molecule has 0 bridgehead atoms. The molecule has 0 spiro atoms. The molecule has 78 valence electrons. The van der Waals surface area contributed by atoms with Crippen molar-refractivity contribution in [3.8, 4) is 0 Å². The molecule has 0 aliphatic rings. The van der Waals surface area contributed by atoms with Gasteiger partial charge in [-0.05, 0) is 12.5 Å². The van der Waals surface area contributed by atoms with E-state index in [1.807, 2.05) is 0 Å². The number of rotatable bonds is 4. The van der Waals surface area contributed by atoms with Gasteiger partial charge in [0.2, 0.25) is 0 Å². The van der Waals surface area contributed by atoms with Crippen molar-refractivity contribution in [1.82, 2.24) is 0 Å². The first-order valence-electron chi connectivity index (χ1n) is 4.44. The van der Waals surface area contributed by atoms with Gasteiger partial charge >= 0.3 is 0 Å². The maximum atomic E-state index is 13.1. The third-order valence-corrected chi connectivity index (χ3v) is 2.02. The number of aliphatic hydroxyl groups excluding tert-OH is 2. The Hall–Kier alpha value is -0.970. The summed E-state index contributed by atoms with van der Waals surface area (Å²) in [5.74, 6) is -0.454. The maximum Gasteiger partial charge on any atom is 0.128 e. The van der Waals surface area contributed by atoms with Crippen molar-refractivity contribution < 1.29 is 14.6 Å². The predicted molar refractivity (Wildman–Crippen MR) is 51.0 cm³/mol. The molecule has 1 aromatic carbocycles. The lowest BCUT2D eigenvalue weighted by atomic mass is 10.0. The molecule has 1 rings (SSSR count). The van der Waals surface area contributed by atoms with E-state index >= 15 is 0 Å². The van der Waals surface area contributed by atoms with Gasteiger partial charge in [0, 0.05) is 11.6 Å². The van der Waals surface area contributed by atoms with Crippen LogP contribution in [0.2, 0.25) is 0 Å². The minimum atomic E-state index is -0.960. The SMILES string of the molecule is N[C@H](CO)C[C@H](O)c1ccccc1F. The molecule has 0 aliphatic heterocycles. The fraction of sp³-hybridized carbons (Fsp3) is 0.400. The van der Waals surface area contributed by atoms with Crippen molar-refractivity contribution >= 4 is 0 Å². The molecule has 3 nitrogen and oxygen atoms in total. The lowest BCUT2D eigenvalue weighted by Gasteiger charge is -2.15. The van der Waals surface area contributed by atoms with Crippen LogP contribution in [0.4, 0.5) is 4.39 Å². The molecule has 4 heteroatoms. The van der Waals surface area contributed by atoms with Crippen molar-refractivity contribution in [2.75, 3.05) is 6.61 Å². The zero-order valence-corrected chi connectivity index (χ0v) is 7.73. The zero-order chi connectivity index (χ0) is 10.6. The Kier molecular flexibility index (Phi) is 4.00. The molecule has 0 saturated carbocycles. The van der Waals surface area contributed by atoms with Gasteiger partial charge in [-0.25, -0.2) is 4.39 Å². The summed E-state index contributed by atoms with van der Waals surface area (Å²) >= 11 is 0. The van der Waals surface area contributed by atoms with Crippen molar-refractivity contribution in [2.24, 2.45) is 5.73 Å². The molecule has 1 aromatic rings. The topological polar surface area (TPSA) is 66.5 Å². The molecule has 0 radical (unpaired) electrons. The molecule has 4 N–H and O–H groups in total. The van der Waals surface area contributed by atoms with Gasteiger partial charge in [-0.2, -0.15) is 0 Å². The Bertz CT molecular complexity index is 293. The lowest BCUT2D eigenvalue weighted by molar-refractivity contribution is 0.137. The van der Waals surface area contributed by atoms with Gasteiger partial charge < -0.3 is 15.9 Å². The minimum Gasteiger partial charge on any atom is -0.395 e. The molecule has 0 amide bonds. The van der Waals surface area contributed by atoms with E-state index in [0.717, 1.165) is 0 Å². The summed E-state index contributed by atoms with van der Waals surface area (Å²) in [4.78, 5) is 0. The number of halogens is 1. The number of hydrogen-bond donors (Lipinski definition) is 3. The van der Waals surface area contributed by atoms with E-state index in [4.69, 9.17) is 10.8 Å². The highest BCUT2D eigenvalue weighted by atomic mass is 19.1. The van der Waals surface area contributed by atoms with Crippen LogP contribution in [0.3, 0.4) is 0 Å². The number of benzene rings is 1. The van der Waals surface area contributed by atoms with Crippen LogP contribution < -0.4 is 5.73 Å². The fourth-order valence-corrected chi connectivity index (χ4v) is 1.23. The molecule has 0 aliphatic carbocycles. The van der Waals surface area contributed by atoms with Crippen molar-refractivity contribution in [3.63, 3.8) is 0 Å². The summed E-state index contributed by atoms with van der Waals surface area (Å²) in [6, 6.07) is 5.46. The number of nitrogens with two attached hydrogens (primary N) is 1. The van der Waals surface area contributed by atoms with E-state index in [0.29, 0.717) is 0 Å². The van der Waals surface area contributed by atoms with Crippen LogP contribution in [0.15, 0.2) is 24.3 Å². The van der Waals surface area contributed by atoms with Gasteiger partial charge in [0.25, 0.3) is 0 Å². The second-order valence-electron chi connectivity index (χ2n) is 3.22. The highest BCUT2D eigenvalue weighted by molar-refractivity contribution is 5.19. The normalized spacial score (nSPS) is 15.1. The van der Waals surface area contributed by atoms with Crippen LogP contribution in [0.25, 0.3) is 0 Å². The Balaban J connectivity index is 2.69. The predicted octanol–water partition coefficient (Wildman–Crippen LogP) is 0.569. The summed E-state index contributed by atoms with van der Waals surface area (Å²) in [5.41, 5.74) is 5.65. The number of hydrogen-bond acceptors (Lipinski definition) is 3. The summed E-state index contributed by atoms with van der Waals surface area (Å²) in [5, 5.41) is 18.2. The second-order valence-corrected chi connectivity index (χ2v) is 3.22. The molecule has 0 unspecified atom stereocenters. The molecular weight excluding hydrogens is 185 g/mol. The highest BCUT2D eigenvalue weighted by Crippen LogP contribution is 2.20. The maximum absolute atomic E-state index is 13.1. The van der Waals surface area contributed by atoms with Gasteiger partial charge in [0.15, 0.2) is 0 Å². The van der Waals surface area contributed by atoms with E-state index in [-0.39, 0.29) is 18.6 Å². The summed E-state index contributed by atoms with van der Waals surface area (Å²) < 4.78 is 13.1. The van der Waals surface area contributed by atoms with Crippen molar-refractivity contribution in [2.45, 2.75) is 18.6 Å². The first kappa shape index (κ1) is 11.1. The minimum absolute atomic E-state index is 0.150. The first-order chi connectivity index (χ1) is 6.65. The molecule has 14 heavy (non-hydrogen) atoms. The van der Waals surface area contributed by atoms with Gasteiger partial charge in [0.1, 0.15) is 5.82 Å². The van der Waals surface area contributed by atoms with E-state index in [1.165, 1.54) is 12.1 Å². The lowest BCUT2D eigenvalue weighted by Crippen LogP contribution is -2.26. The van der Waals surface area contributed by atoms with Crippen LogP contribution in [-0.4, -0.2) is 22.9 Å². The fourth-order valence-electron chi connectivity index (χ4n) is 1.23. The van der Waals surface area contributed by atoms with Crippen LogP contribution in [0.1, 0.15) is 18.1 Å². The Morgan fingerprint density at radius 1 is 1.36 bits per heavy atom. The Morgan fingerprint density at radius 3 is 2.57 bits per heavy atom. The number of aliphatic hydroxyl groups is 2. The highest BCUT2D eigenvalue weighted by Gasteiger charge is 2.15. The third-order valence-electron chi connectivity index (χ3n) is 2.02. The molecular formula is C10H14FNO2. The monoisotopic (exact) mass is 199 g/mol. The third kappa shape index (κ3) is 2.77. The van der Waals surface area contributed by atoms with Crippen LogP contribution in [-0.2, 0) is 0 Å². The van der Waals surface area contributed by atoms with Crippen LogP contribution in [0.5, 0.6) is 0 Å². The summed E-state index contributed by atoms with van der Waals surface area (Å²) in [7, 11) is 0. The molecule has 0 saturated heterocycles. The average molecular weight is 199 g/mol. The Morgan fingerprint density at radius 2 is 2.00 bits per heavy atom. The molecule has 0 aromatic heterocycles. The van der Waals surface area contributed by atoms with Crippen molar-refractivity contribution in [3.05, 3.63) is 35.6 Å². The van der Waals surface area contributed by atoms with Crippen LogP contribution in [0, 0.1) is 5.82 Å².